The van der Waals surface area contributed by atoms with Gasteiger partial charge in [0.1, 0.15) is 5.37 Å². The lowest BCUT2D eigenvalue weighted by Gasteiger charge is -2.33. The van der Waals surface area contributed by atoms with E-state index in [9.17, 15) is 13.2 Å². The molecule has 0 aromatic carbocycles. The lowest BCUT2D eigenvalue weighted by molar-refractivity contribution is 0.0749. The van der Waals surface area contributed by atoms with Crippen molar-refractivity contribution in [3.63, 3.8) is 0 Å². The SMILES string of the molecule is CS(=O)(=O)C1CSCCN1C(=O)c1cn[nH]c1. The number of amides is 1. The normalized spacial score (nSPS) is 21.5. The van der Waals surface area contributed by atoms with Crippen molar-refractivity contribution in [1.29, 1.82) is 0 Å². The van der Waals surface area contributed by atoms with E-state index in [4.69, 9.17) is 0 Å². The number of nitrogens with one attached hydrogen (secondary N) is 1. The molecule has 1 aromatic heterocycles. The van der Waals surface area contributed by atoms with Crippen LogP contribution in [0.1, 0.15) is 10.4 Å². The van der Waals surface area contributed by atoms with Gasteiger partial charge in [0, 0.05) is 30.5 Å². The molecule has 2 rings (SSSR count). The van der Waals surface area contributed by atoms with Gasteiger partial charge < -0.3 is 4.90 Å². The molecule has 1 aliphatic rings. The summed E-state index contributed by atoms with van der Waals surface area (Å²) in [5.74, 6) is 0.910. The summed E-state index contributed by atoms with van der Waals surface area (Å²) in [6.45, 7) is 0.451. The molecule has 94 valence electrons. The van der Waals surface area contributed by atoms with Gasteiger partial charge in [-0.1, -0.05) is 0 Å². The molecule has 0 spiro atoms. The van der Waals surface area contributed by atoms with Gasteiger partial charge in [-0.2, -0.15) is 16.9 Å². The second kappa shape index (κ2) is 4.69. The maximum Gasteiger partial charge on any atom is 0.258 e. The fourth-order valence-corrected chi connectivity index (χ4v) is 4.52. The zero-order valence-corrected chi connectivity index (χ0v) is 10.9. The van der Waals surface area contributed by atoms with Gasteiger partial charge in [0.25, 0.3) is 5.91 Å². The van der Waals surface area contributed by atoms with E-state index in [2.05, 4.69) is 10.2 Å². The largest absolute Gasteiger partial charge is 0.320 e. The molecular formula is C9H13N3O3S2. The third-order valence-corrected chi connectivity index (χ3v) is 5.23. The van der Waals surface area contributed by atoms with Crippen molar-refractivity contribution in [2.45, 2.75) is 5.37 Å². The molecule has 8 heteroatoms. The molecule has 6 nitrogen and oxygen atoms in total. The van der Waals surface area contributed by atoms with E-state index < -0.39 is 15.2 Å². The second-order valence-corrected chi connectivity index (χ2v) is 7.20. The van der Waals surface area contributed by atoms with Crippen LogP contribution in [0.4, 0.5) is 0 Å². The van der Waals surface area contributed by atoms with E-state index >= 15 is 0 Å². The van der Waals surface area contributed by atoms with Gasteiger partial charge in [-0.15, -0.1) is 0 Å². The molecule has 1 amide bonds. The van der Waals surface area contributed by atoms with Gasteiger partial charge in [-0.25, -0.2) is 8.42 Å². The smallest absolute Gasteiger partial charge is 0.258 e. The Morgan fingerprint density at radius 2 is 2.41 bits per heavy atom. The van der Waals surface area contributed by atoms with Gasteiger partial charge in [-0.3, -0.25) is 9.89 Å². The van der Waals surface area contributed by atoms with E-state index in [1.54, 1.807) is 11.8 Å². The zero-order chi connectivity index (χ0) is 12.5. The molecule has 1 atom stereocenters. The first-order valence-electron chi connectivity index (χ1n) is 5.06. The Kier molecular flexibility index (Phi) is 3.43. The molecule has 0 radical (unpaired) electrons. The van der Waals surface area contributed by atoms with Crippen molar-refractivity contribution >= 4 is 27.5 Å². The van der Waals surface area contributed by atoms with Crippen LogP contribution in [0.5, 0.6) is 0 Å². The molecule has 1 unspecified atom stereocenters. The van der Waals surface area contributed by atoms with Crippen LogP contribution in [0.3, 0.4) is 0 Å². The van der Waals surface area contributed by atoms with Gasteiger partial charge in [0.15, 0.2) is 9.84 Å². The molecule has 0 aliphatic carbocycles. The summed E-state index contributed by atoms with van der Waals surface area (Å²) < 4.78 is 23.3. The second-order valence-electron chi connectivity index (χ2n) is 3.84. The van der Waals surface area contributed by atoms with Crippen LogP contribution >= 0.6 is 11.8 Å². The lowest BCUT2D eigenvalue weighted by atomic mass is 10.3. The van der Waals surface area contributed by atoms with E-state index in [1.807, 2.05) is 0 Å². The molecule has 0 bridgehead atoms. The average molecular weight is 275 g/mol. The first-order chi connectivity index (χ1) is 8.00. The molecule has 0 saturated carbocycles. The van der Waals surface area contributed by atoms with Crippen molar-refractivity contribution in [2.24, 2.45) is 0 Å². The number of rotatable bonds is 2. The number of hydrogen-bond donors (Lipinski definition) is 1. The van der Waals surface area contributed by atoms with Crippen molar-refractivity contribution in [3.8, 4) is 0 Å². The highest BCUT2D eigenvalue weighted by molar-refractivity contribution is 8.00. The summed E-state index contributed by atoms with van der Waals surface area (Å²) >= 11 is 1.55. The van der Waals surface area contributed by atoms with Crippen LogP contribution in [0.25, 0.3) is 0 Å². The van der Waals surface area contributed by atoms with Gasteiger partial charge >= 0.3 is 0 Å². The van der Waals surface area contributed by atoms with Crippen LogP contribution in [-0.2, 0) is 9.84 Å². The van der Waals surface area contributed by atoms with Crippen LogP contribution < -0.4 is 0 Å². The number of carbonyl (C=O) groups is 1. The number of H-pyrrole nitrogens is 1. The van der Waals surface area contributed by atoms with Gasteiger partial charge in [-0.05, 0) is 0 Å². The van der Waals surface area contributed by atoms with E-state index in [1.165, 1.54) is 23.5 Å². The Labute approximate surface area is 104 Å². The number of nitrogens with zero attached hydrogens (tertiary/aromatic N) is 2. The molecule has 1 saturated heterocycles. The minimum absolute atomic E-state index is 0.283. The summed E-state index contributed by atoms with van der Waals surface area (Å²) in [6, 6.07) is 0. The van der Waals surface area contributed by atoms with Crippen LogP contribution in [0.2, 0.25) is 0 Å². The number of sulfone groups is 1. The third-order valence-electron chi connectivity index (χ3n) is 2.58. The highest BCUT2D eigenvalue weighted by Crippen LogP contribution is 2.22. The Bertz CT molecular complexity index is 498. The van der Waals surface area contributed by atoms with Gasteiger partial charge in [0.05, 0.1) is 11.8 Å². The number of hydrogen-bond acceptors (Lipinski definition) is 5. The maximum absolute atomic E-state index is 12.1. The minimum atomic E-state index is -3.26. The Morgan fingerprint density at radius 3 is 3.00 bits per heavy atom. The molecule has 17 heavy (non-hydrogen) atoms. The molecule has 1 aromatic rings. The van der Waals surface area contributed by atoms with Crippen LogP contribution in [0.15, 0.2) is 12.4 Å². The van der Waals surface area contributed by atoms with Crippen molar-refractivity contribution in [2.75, 3.05) is 24.3 Å². The van der Waals surface area contributed by atoms with Crippen molar-refractivity contribution < 1.29 is 13.2 Å². The highest BCUT2D eigenvalue weighted by Gasteiger charge is 2.34. The molecular weight excluding hydrogens is 262 g/mol. The van der Waals surface area contributed by atoms with E-state index in [0.29, 0.717) is 17.9 Å². The van der Waals surface area contributed by atoms with Crippen molar-refractivity contribution in [1.82, 2.24) is 15.1 Å². The topological polar surface area (TPSA) is 83.1 Å². The van der Waals surface area contributed by atoms with E-state index in [0.717, 1.165) is 5.75 Å². The quantitative estimate of drug-likeness (QED) is 0.819. The Balaban J connectivity index is 2.26. The first kappa shape index (κ1) is 12.4. The molecule has 2 heterocycles. The fourth-order valence-electron chi connectivity index (χ4n) is 1.70. The lowest BCUT2D eigenvalue weighted by Crippen LogP contribution is -2.49. The summed E-state index contributed by atoms with van der Waals surface area (Å²) in [5, 5.41) is 5.52. The third kappa shape index (κ3) is 2.63. The molecule has 1 fully saturated rings. The van der Waals surface area contributed by atoms with Gasteiger partial charge in [0.2, 0.25) is 0 Å². The number of thioether (sulfide) groups is 1. The summed E-state index contributed by atoms with van der Waals surface area (Å²) in [6.07, 6.45) is 4.05. The summed E-state index contributed by atoms with van der Waals surface area (Å²) in [5.41, 5.74) is 0.394. The fraction of sp³-hybridized carbons (Fsp3) is 0.556. The Hall–Kier alpha value is -1.02. The average Bonchev–Trinajstić information content (AvgIpc) is 2.80. The highest BCUT2D eigenvalue weighted by atomic mass is 32.2. The number of aromatic amines is 1. The Morgan fingerprint density at radius 1 is 1.65 bits per heavy atom. The van der Waals surface area contributed by atoms with Crippen LogP contribution in [0, 0.1) is 0 Å². The summed E-state index contributed by atoms with van der Waals surface area (Å²) in [7, 11) is -3.26. The van der Waals surface area contributed by atoms with Crippen LogP contribution in [-0.4, -0.2) is 59.1 Å². The standard InChI is InChI=1S/C9H13N3O3S2/c1-17(14,15)8-6-16-3-2-12(8)9(13)7-4-10-11-5-7/h4-5,8H,2-3,6H2,1H3,(H,10,11). The summed E-state index contributed by atoms with van der Waals surface area (Å²) in [4.78, 5) is 13.5. The number of carbonyl (C=O) groups excluding carboxylic acids is 1. The predicted octanol–water partition coefficient (Wildman–Crippen LogP) is -0.0306. The molecule has 1 N–H and O–H groups in total. The monoisotopic (exact) mass is 275 g/mol. The molecule has 1 aliphatic heterocycles. The first-order valence-corrected chi connectivity index (χ1v) is 8.17. The van der Waals surface area contributed by atoms with Crippen molar-refractivity contribution in [3.05, 3.63) is 18.0 Å². The predicted molar refractivity (Wildman–Crippen MR) is 65.6 cm³/mol. The zero-order valence-electron chi connectivity index (χ0n) is 9.29. The minimum Gasteiger partial charge on any atom is -0.320 e. The number of aromatic nitrogens is 2. The van der Waals surface area contributed by atoms with E-state index in [-0.39, 0.29) is 5.91 Å². The maximum atomic E-state index is 12.1.